The van der Waals surface area contributed by atoms with Gasteiger partial charge in [-0.15, -0.1) is 11.8 Å². The molecule has 6 heteroatoms. The fourth-order valence-corrected chi connectivity index (χ4v) is 3.75. The van der Waals surface area contributed by atoms with Crippen LogP contribution in [0, 0.1) is 0 Å². The average Bonchev–Trinajstić information content (AvgIpc) is 2.69. The van der Waals surface area contributed by atoms with Gasteiger partial charge in [0.2, 0.25) is 0 Å². The van der Waals surface area contributed by atoms with Crippen molar-refractivity contribution in [3.8, 4) is 5.75 Å². The van der Waals surface area contributed by atoms with Crippen molar-refractivity contribution < 1.29 is 24.5 Å². The van der Waals surface area contributed by atoms with Gasteiger partial charge < -0.3 is 19.7 Å². The molecule has 142 valence electrons. The van der Waals surface area contributed by atoms with Crippen molar-refractivity contribution in [1.82, 2.24) is 0 Å². The zero-order valence-electron chi connectivity index (χ0n) is 14.8. The molecule has 1 aliphatic rings. The van der Waals surface area contributed by atoms with Crippen LogP contribution in [0.3, 0.4) is 0 Å². The molecule has 27 heavy (non-hydrogen) atoms. The lowest BCUT2D eigenvalue weighted by atomic mass is 10.0. The van der Waals surface area contributed by atoms with Gasteiger partial charge in [0.05, 0.1) is 6.61 Å². The van der Waals surface area contributed by atoms with E-state index in [1.54, 1.807) is 24.3 Å². The molecule has 2 N–H and O–H groups in total. The molecular formula is C21H22O5S. The minimum atomic E-state index is -0.511. The highest BCUT2D eigenvalue weighted by molar-refractivity contribution is 8.04. The molecule has 2 aromatic carbocycles. The Bertz CT molecular complexity index is 786. The Morgan fingerprint density at radius 1 is 1.11 bits per heavy atom. The summed E-state index contributed by atoms with van der Waals surface area (Å²) >= 11 is 1.33. The molecule has 0 radical (unpaired) electrons. The number of rotatable bonds is 8. The summed E-state index contributed by atoms with van der Waals surface area (Å²) in [6.07, 6.45) is 0.563. The number of esters is 1. The van der Waals surface area contributed by atoms with Gasteiger partial charge in [0.25, 0.3) is 0 Å². The lowest BCUT2D eigenvalue weighted by Crippen LogP contribution is -2.20. The minimum Gasteiger partial charge on any atom is -0.511 e. The molecule has 1 aliphatic heterocycles. The van der Waals surface area contributed by atoms with Crippen LogP contribution in [0.25, 0.3) is 0 Å². The van der Waals surface area contributed by atoms with Crippen LogP contribution in [0.5, 0.6) is 5.75 Å². The largest absolute Gasteiger partial charge is 0.511 e. The fourth-order valence-electron chi connectivity index (χ4n) is 2.80. The molecule has 1 atom stereocenters. The highest BCUT2D eigenvalue weighted by Crippen LogP contribution is 2.36. The molecule has 3 rings (SSSR count). The summed E-state index contributed by atoms with van der Waals surface area (Å²) in [6.45, 7) is 0.177. The smallest absolute Gasteiger partial charge is 0.348 e. The second-order valence-corrected chi connectivity index (χ2v) is 7.20. The molecule has 0 saturated heterocycles. The fraction of sp³-hybridized carbons (Fsp3) is 0.286. The third kappa shape index (κ3) is 5.28. The maximum Gasteiger partial charge on any atom is 0.348 e. The van der Waals surface area contributed by atoms with E-state index >= 15 is 0 Å². The zero-order valence-corrected chi connectivity index (χ0v) is 15.7. The first-order valence-electron chi connectivity index (χ1n) is 8.81. The highest BCUT2D eigenvalue weighted by atomic mass is 32.2. The quantitative estimate of drug-likeness (QED) is 0.672. The van der Waals surface area contributed by atoms with Crippen molar-refractivity contribution >= 4 is 17.7 Å². The summed E-state index contributed by atoms with van der Waals surface area (Å²) < 4.78 is 10.8. The Hall–Kier alpha value is -2.44. The zero-order chi connectivity index (χ0) is 19.1. The van der Waals surface area contributed by atoms with Crippen molar-refractivity contribution in [3.63, 3.8) is 0 Å². The molecule has 0 spiro atoms. The van der Waals surface area contributed by atoms with E-state index in [4.69, 9.17) is 14.6 Å². The van der Waals surface area contributed by atoms with Crippen LogP contribution in [0.2, 0.25) is 0 Å². The van der Waals surface area contributed by atoms with E-state index in [0.717, 1.165) is 12.0 Å². The van der Waals surface area contributed by atoms with Crippen molar-refractivity contribution in [3.05, 3.63) is 76.4 Å². The number of benzene rings is 2. The topological polar surface area (TPSA) is 76.0 Å². The lowest BCUT2D eigenvalue weighted by Gasteiger charge is -2.24. The van der Waals surface area contributed by atoms with Crippen LogP contribution in [-0.4, -0.2) is 35.1 Å². The van der Waals surface area contributed by atoms with Crippen LogP contribution in [-0.2, 0) is 16.0 Å². The van der Waals surface area contributed by atoms with Gasteiger partial charge in [-0.3, -0.25) is 0 Å². The Kier molecular flexibility index (Phi) is 6.79. The van der Waals surface area contributed by atoms with Crippen molar-refractivity contribution in [2.24, 2.45) is 0 Å². The van der Waals surface area contributed by atoms with E-state index < -0.39 is 12.1 Å². The van der Waals surface area contributed by atoms with E-state index in [0.29, 0.717) is 16.4 Å². The molecule has 0 amide bonds. The summed E-state index contributed by atoms with van der Waals surface area (Å²) in [6, 6.07) is 17.1. The first-order valence-corrected chi connectivity index (χ1v) is 9.79. The molecule has 2 aromatic rings. The number of hydrogen-bond acceptors (Lipinski definition) is 6. The Balaban J connectivity index is 1.59. The summed E-state index contributed by atoms with van der Waals surface area (Å²) in [5, 5.41) is 19.1. The van der Waals surface area contributed by atoms with Crippen molar-refractivity contribution in [1.29, 1.82) is 0 Å². The minimum absolute atomic E-state index is 0.0502. The summed E-state index contributed by atoms with van der Waals surface area (Å²) in [5.74, 6) is 0.921. The average molecular weight is 386 g/mol. The van der Waals surface area contributed by atoms with E-state index in [9.17, 15) is 9.90 Å². The van der Waals surface area contributed by atoms with Crippen LogP contribution in [0.1, 0.15) is 23.7 Å². The molecule has 0 saturated carbocycles. The second-order valence-electron chi connectivity index (χ2n) is 6.10. The molecule has 5 nitrogen and oxygen atoms in total. The van der Waals surface area contributed by atoms with Crippen molar-refractivity contribution in [2.75, 3.05) is 19.0 Å². The third-order valence-electron chi connectivity index (χ3n) is 4.17. The van der Waals surface area contributed by atoms with Crippen LogP contribution < -0.4 is 4.74 Å². The van der Waals surface area contributed by atoms with Gasteiger partial charge in [-0.25, -0.2) is 4.79 Å². The highest BCUT2D eigenvalue weighted by Gasteiger charge is 2.30. The number of cyclic esters (lactones) is 1. The molecule has 1 unspecified atom stereocenters. The number of hydrogen-bond donors (Lipinski definition) is 2. The monoisotopic (exact) mass is 386 g/mol. The molecule has 0 fully saturated rings. The van der Waals surface area contributed by atoms with E-state index in [1.165, 1.54) is 17.3 Å². The number of aliphatic hydroxyl groups is 2. The number of aliphatic hydroxyl groups excluding tert-OH is 2. The molecule has 1 heterocycles. The molecular weight excluding hydrogens is 364 g/mol. The Labute approximate surface area is 162 Å². The van der Waals surface area contributed by atoms with Gasteiger partial charge in [-0.1, -0.05) is 42.5 Å². The maximum atomic E-state index is 12.3. The third-order valence-corrected chi connectivity index (χ3v) is 5.27. The first-order chi connectivity index (χ1) is 13.2. The number of carbonyl (C=O) groups is 1. The number of ether oxygens (including phenoxy) is 2. The summed E-state index contributed by atoms with van der Waals surface area (Å²) in [7, 11) is 0. The SMILES string of the molecule is O=C1OC(c2ccc(OCCO)cc2)CC(O)=C1SCCc1ccccc1. The summed E-state index contributed by atoms with van der Waals surface area (Å²) in [5.41, 5.74) is 1.98. The molecule has 0 aromatic heterocycles. The summed E-state index contributed by atoms with van der Waals surface area (Å²) in [4.78, 5) is 12.6. The normalized spacial score (nSPS) is 16.9. The van der Waals surface area contributed by atoms with Gasteiger partial charge in [0.15, 0.2) is 0 Å². The van der Waals surface area contributed by atoms with Crippen LogP contribution >= 0.6 is 11.8 Å². The van der Waals surface area contributed by atoms with E-state index in [2.05, 4.69) is 0 Å². The van der Waals surface area contributed by atoms with Gasteiger partial charge in [0, 0.05) is 12.2 Å². The Morgan fingerprint density at radius 3 is 2.52 bits per heavy atom. The number of thioether (sulfide) groups is 1. The predicted octanol–water partition coefficient (Wildman–Crippen LogP) is 3.79. The lowest BCUT2D eigenvalue weighted by molar-refractivity contribution is -0.146. The number of carbonyl (C=O) groups excluding carboxylic acids is 1. The van der Waals surface area contributed by atoms with Crippen LogP contribution in [0.15, 0.2) is 65.3 Å². The van der Waals surface area contributed by atoms with E-state index in [-0.39, 0.29) is 25.4 Å². The van der Waals surface area contributed by atoms with Gasteiger partial charge in [-0.05, 0) is 29.7 Å². The molecule has 0 aliphatic carbocycles. The predicted molar refractivity (Wildman–Crippen MR) is 105 cm³/mol. The van der Waals surface area contributed by atoms with Gasteiger partial charge in [0.1, 0.15) is 29.1 Å². The number of aryl methyl sites for hydroxylation is 1. The van der Waals surface area contributed by atoms with Gasteiger partial charge in [-0.2, -0.15) is 0 Å². The maximum absolute atomic E-state index is 12.3. The van der Waals surface area contributed by atoms with Crippen molar-refractivity contribution in [2.45, 2.75) is 18.9 Å². The second kappa shape index (κ2) is 9.48. The van der Waals surface area contributed by atoms with Crippen LogP contribution in [0.4, 0.5) is 0 Å². The van der Waals surface area contributed by atoms with Gasteiger partial charge >= 0.3 is 5.97 Å². The Morgan fingerprint density at radius 2 is 1.85 bits per heavy atom. The molecule has 0 bridgehead atoms. The van der Waals surface area contributed by atoms with E-state index in [1.807, 2.05) is 30.3 Å². The standard InChI is InChI=1S/C21H22O5S/c22-11-12-25-17-8-6-16(7-9-17)19-14-18(23)20(21(24)26-19)27-13-10-15-4-2-1-3-5-15/h1-9,19,22-23H,10-14H2. The first kappa shape index (κ1) is 19.3.